The first kappa shape index (κ1) is 15.5. The second-order valence-corrected chi connectivity index (χ2v) is 6.05. The molecule has 0 radical (unpaired) electrons. The van der Waals surface area contributed by atoms with Gasteiger partial charge in [-0.2, -0.15) is 0 Å². The molecule has 0 bridgehead atoms. The molecule has 0 aliphatic heterocycles. The number of benzene rings is 1. The van der Waals surface area contributed by atoms with Crippen LogP contribution in [-0.4, -0.2) is 31.1 Å². The molecule has 1 aromatic rings. The van der Waals surface area contributed by atoms with Gasteiger partial charge in [0.1, 0.15) is 11.3 Å². The van der Waals surface area contributed by atoms with Crippen LogP contribution >= 0.6 is 11.6 Å². The molecular weight excluding hydrogens is 294 g/mol. The molecule has 0 saturated carbocycles. The van der Waals surface area contributed by atoms with E-state index in [0.29, 0.717) is 0 Å². The number of phenols is 1. The number of carboxylic acid groups (broad SMARTS) is 1. The first-order valence-corrected chi connectivity index (χ1v) is 6.91. The van der Waals surface area contributed by atoms with Crippen LogP contribution in [0, 0.1) is 6.92 Å². The highest BCUT2D eigenvalue weighted by atomic mass is 35.5. The van der Waals surface area contributed by atoms with E-state index in [4.69, 9.17) is 16.7 Å². The van der Waals surface area contributed by atoms with Gasteiger partial charge in [0.25, 0.3) is 0 Å². The first-order chi connectivity index (χ1) is 8.65. The van der Waals surface area contributed by atoms with Crippen molar-refractivity contribution in [2.24, 2.45) is 0 Å². The van der Waals surface area contributed by atoms with Crippen LogP contribution in [0.5, 0.6) is 5.75 Å². The largest absolute Gasteiger partial charge is 0.507 e. The molecule has 0 heterocycles. The zero-order valence-corrected chi connectivity index (χ0v) is 11.5. The fourth-order valence-corrected chi connectivity index (χ4v) is 2.81. The van der Waals surface area contributed by atoms with Gasteiger partial charge >= 0.3 is 5.97 Å². The molecule has 19 heavy (non-hydrogen) atoms. The van der Waals surface area contributed by atoms with Crippen LogP contribution in [0.4, 0.5) is 0 Å². The Kier molecular flexibility index (Phi) is 4.56. The van der Waals surface area contributed by atoms with E-state index in [1.54, 1.807) is 0 Å². The average Bonchev–Trinajstić information content (AvgIpc) is 2.25. The smallest absolute Gasteiger partial charge is 0.339 e. The molecule has 0 atom stereocenters. The van der Waals surface area contributed by atoms with E-state index in [2.05, 4.69) is 11.3 Å². The average molecular weight is 306 g/mol. The molecule has 0 aromatic heterocycles. The lowest BCUT2D eigenvalue weighted by molar-refractivity contribution is 0.0693. The number of nitrogens with one attached hydrogen (secondary N) is 1. The molecule has 0 amide bonds. The summed E-state index contributed by atoms with van der Waals surface area (Å²) in [6.07, 6.45) is 0. The Bertz CT molecular complexity index is 639. The van der Waals surface area contributed by atoms with Gasteiger partial charge in [0.05, 0.1) is 4.90 Å². The highest BCUT2D eigenvalue weighted by Gasteiger charge is 2.21. The van der Waals surface area contributed by atoms with Crippen molar-refractivity contribution in [3.8, 4) is 5.75 Å². The van der Waals surface area contributed by atoms with E-state index in [1.165, 1.54) is 6.92 Å². The zero-order chi connectivity index (χ0) is 14.8. The second kappa shape index (κ2) is 5.60. The van der Waals surface area contributed by atoms with Crippen molar-refractivity contribution in [1.82, 2.24) is 4.72 Å². The van der Waals surface area contributed by atoms with Crippen LogP contribution in [0.2, 0.25) is 0 Å². The number of aromatic hydroxyl groups is 1. The molecule has 8 heteroatoms. The number of rotatable bonds is 5. The summed E-state index contributed by atoms with van der Waals surface area (Å²) in [7, 11) is -3.93. The number of sulfonamides is 1. The van der Waals surface area contributed by atoms with E-state index in [9.17, 15) is 18.3 Å². The molecule has 3 N–H and O–H groups in total. The molecule has 0 unspecified atom stereocenters. The predicted molar refractivity (Wildman–Crippen MR) is 70.0 cm³/mol. The predicted octanol–water partition coefficient (Wildman–Crippen LogP) is 1.43. The van der Waals surface area contributed by atoms with Crippen molar-refractivity contribution in [3.63, 3.8) is 0 Å². The molecule has 0 spiro atoms. The standard InChI is InChI=1S/C11H12ClNO5S/c1-6-3-9(14)8(11(15)16)4-10(6)19(17,18)13-5-7(2)12/h3-4,13-14H,2,5H2,1H3,(H,15,16). The Labute approximate surface area is 115 Å². The minimum Gasteiger partial charge on any atom is -0.507 e. The van der Waals surface area contributed by atoms with Crippen LogP contribution in [0.15, 0.2) is 28.6 Å². The molecular formula is C11H12ClNO5S. The lowest BCUT2D eigenvalue weighted by Crippen LogP contribution is -2.25. The van der Waals surface area contributed by atoms with Crippen LogP contribution in [-0.2, 0) is 10.0 Å². The number of halogens is 1. The van der Waals surface area contributed by atoms with Crippen molar-refractivity contribution in [2.45, 2.75) is 11.8 Å². The van der Waals surface area contributed by atoms with Gasteiger partial charge < -0.3 is 10.2 Å². The highest BCUT2D eigenvalue weighted by molar-refractivity contribution is 7.89. The van der Waals surface area contributed by atoms with Gasteiger partial charge in [0.2, 0.25) is 10.0 Å². The van der Waals surface area contributed by atoms with Crippen molar-refractivity contribution >= 4 is 27.6 Å². The summed E-state index contributed by atoms with van der Waals surface area (Å²) in [6.45, 7) is 4.60. The van der Waals surface area contributed by atoms with Gasteiger partial charge in [-0.3, -0.25) is 0 Å². The van der Waals surface area contributed by atoms with E-state index in [-0.39, 0.29) is 22.0 Å². The highest BCUT2D eigenvalue weighted by Crippen LogP contribution is 2.25. The Morgan fingerprint density at radius 2 is 2.05 bits per heavy atom. The van der Waals surface area contributed by atoms with Gasteiger partial charge in [-0.1, -0.05) is 18.2 Å². The van der Waals surface area contributed by atoms with Crippen LogP contribution in [0.25, 0.3) is 0 Å². The molecule has 1 aromatic carbocycles. The molecule has 0 aliphatic carbocycles. The minimum atomic E-state index is -3.93. The quantitative estimate of drug-likeness (QED) is 0.763. The summed E-state index contributed by atoms with van der Waals surface area (Å²) in [5.74, 6) is -1.92. The Balaban J connectivity index is 3.30. The van der Waals surface area contributed by atoms with Crippen LogP contribution in [0.3, 0.4) is 0 Å². The fourth-order valence-electron chi connectivity index (χ4n) is 1.38. The summed E-state index contributed by atoms with van der Waals surface area (Å²) in [4.78, 5) is 10.6. The van der Waals surface area contributed by atoms with Crippen molar-refractivity contribution in [2.75, 3.05) is 6.54 Å². The number of carbonyl (C=O) groups is 1. The third-order valence-corrected chi connectivity index (χ3v) is 3.94. The molecule has 0 saturated heterocycles. The molecule has 1 rings (SSSR count). The maximum Gasteiger partial charge on any atom is 0.339 e. The van der Waals surface area contributed by atoms with E-state index in [0.717, 1.165) is 12.1 Å². The van der Waals surface area contributed by atoms with Crippen molar-refractivity contribution < 1.29 is 23.4 Å². The number of aryl methyl sites for hydroxylation is 1. The maximum absolute atomic E-state index is 12.0. The Morgan fingerprint density at radius 1 is 1.47 bits per heavy atom. The van der Waals surface area contributed by atoms with Gasteiger partial charge in [-0.15, -0.1) is 0 Å². The third-order valence-electron chi connectivity index (χ3n) is 2.27. The Morgan fingerprint density at radius 3 is 2.53 bits per heavy atom. The van der Waals surface area contributed by atoms with Gasteiger partial charge in [-0.25, -0.2) is 17.9 Å². The fraction of sp³-hybridized carbons (Fsp3) is 0.182. The molecule has 6 nitrogen and oxygen atoms in total. The van der Waals surface area contributed by atoms with Crippen LogP contribution in [0.1, 0.15) is 15.9 Å². The van der Waals surface area contributed by atoms with Gasteiger partial charge in [0.15, 0.2) is 0 Å². The summed E-state index contributed by atoms with van der Waals surface area (Å²) in [5.41, 5.74) is -0.272. The van der Waals surface area contributed by atoms with E-state index >= 15 is 0 Å². The molecule has 0 aliphatic rings. The number of hydrogen-bond acceptors (Lipinski definition) is 4. The van der Waals surface area contributed by atoms with Crippen molar-refractivity contribution in [3.05, 3.63) is 34.9 Å². The van der Waals surface area contributed by atoms with Crippen molar-refractivity contribution in [1.29, 1.82) is 0 Å². The molecule has 0 fully saturated rings. The van der Waals surface area contributed by atoms with Gasteiger partial charge in [0, 0.05) is 11.6 Å². The molecule has 104 valence electrons. The topological polar surface area (TPSA) is 104 Å². The number of carboxylic acids is 1. The second-order valence-electron chi connectivity index (χ2n) is 3.78. The van der Waals surface area contributed by atoms with Crippen LogP contribution < -0.4 is 4.72 Å². The summed E-state index contributed by atoms with van der Waals surface area (Å²) >= 11 is 5.46. The summed E-state index contributed by atoms with van der Waals surface area (Å²) in [5, 5.41) is 18.4. The van der Waals surface area contributed by atoms with E-state index in [1.807, 2.05) is 0 Å². The number of hydrogen-bond donors (Lipinski definition) is 3. The summed E-state index contributed by atoms with van der Waals surface area (Å²) in [6, 6.07) is 1.97. The lowest BCUT2D eigenvalue weighted by atomic mass is 10.1. The minimum absolute atomic E-state index is 0.0958. The summed E-state index contributed by atoms with van der Waals surface area (Å²) < 4.78 is 26.1. The Hall–Kier alpha value is -1.57. The lowest BCUT2D eigenvalue weighted by Gasteiger charge is -2.10. The first-order valence-electron chi connectivity index (χ1n) is 5.05. The van der Waals surface area contributed by atoms with Gasteiger partial charge in [-0.05, 0) is 24.6 Å². The monoisotopic (exact) mass is 305 g/mol. The maximum atomic E-state index is 12.0. The SMILES string of the molecule is C=C(Cl)CNS(=O)(=O)c1cc(C(=O)O)c(O)cc1C. The number of aromatic carboxylic acids is 1. The third kappa shape index (κ3) is 3.69. The van der Waals surface area contributed by atoms with E-state index < -0.39 is 27.3 Å². The zero-order valence-electron chi connectivity index (χ0n) is 9.97. The normalized spacial score (nSPS) is 11.3.